The predicted octanol–water partition coefficient (Wildman–Crippen LogP) is 1.26. The highest BCUT2D eigenvalue weighted by Crippen LogP contribution is 2.47. The van der Waals surface area contributed by atoms with Crippen LogP contribution >= 0.6 is 0 Å². The molecule has 2 saturated carbocycles. The zero-order valence-corrected chi connectivity index (χ0v) is 11.9. The van der Waals surface area contributed by atoms with Crippen LogP contribution in [0.4, 0.5) is 0 Å². The molecule has 2 bridgehead atoms. The highest BCUT2D eigenvalue weighted by Gasteiger charge is 2.38. The van der Waals surface area contributed by atoms with Gasteiger partial charge in [-0.05, 0) is 50.6 Å². The quantitative estimate of drug-likeness (QED) is 0.742. The Bertz CT molecular complexity index is 260. The Hall–Kier alpha value is -0.120. The molecule has 3 atom stereocenters. The first-order valence-corrected chi connectivity index (χ1v) is 7.93. The summed E-state index contributed by atoms with van der Waals surface area (Å²) in [6.07, 6.45) is 6.12. The Morgan fingerprint density at radius 1 is 1.06 bits per heavy atom. The van der Waals surface area contributed by atoms with Gasteiger partial charge >= 0.3 is 0 Å². The summed E-state index contributed by atoms with van der Waals surface area (Å²) >= 11 is 0. The van der Waals surface area contributed by atoms with Crippen LogP contribution < -0.4 is 5.32 Å². The number of nitrogens with zero attached hydrogens (tertiary/aromatic N) is 2. The molecule has 1 aliphatic heterocycles. The summed E-state index contributed by atoms with van der Waals surface area (Å²) in [7, 11) is 2.23. The lowest BCUT2D eigenvalue weighted by atomic mass is 9.89. The van der Waals surface area contributed by atoms with E-state index in [-0.39, 0.29) is 0 Å². The van der Waals surface area contributed by atoms with Crippen molar-refractivity contribution < 1.29 is 0 Å². The molecule has 0 radical (unpaired) electrons. The van der Waals surface area contributed by atoms with Crippen molar-refractivity contribution in [3.05, 3.63) is 0 Å². The SMILES string of the molecule is CN1CCN(CCNCC2CC3CCC2C3)CC1. The summed E-state index contributed by atoms with van der Waals surface area (Å²) in [5.74, 6) is 3.18. The van der Waals surface area contributed by atoms with Crippen LogP contribution in [0.2, 0.25) is 0 Å². The van der Waals surface area contributed by atoms with Crippen LogP contribution in [0.1, 0.15) is 25.7 Å². The minimum absolute atomic E-state index is 1.01. The Labute approximate surface area is 112 Å². The van der Waals surface area contributed by atoms with Gasteiger partial charge in [-0.15, -0.1) is 0 Å². The first kappa shape index (κ1) is 12.9. The zero-order valence-electron chi connectivity index (χ0n) is 11.9. The Balaban J connectivity index is 1.27. The fourth-order valence-electron chi connectivity index (χ4n) is 4.22. The minimum atomic E-state index is 1.01. The summed E-state index contributed by atoms with van der Waals surface area (Å²) in [6, 6.07) is 0. The molecule has 3 fully saturated rings. The molecule has 1 N–H and O–H groups in total. The van der Waals surface area contributed by atoms with E-state index in [1.54, 1.807) is 6.42 Å². The van der Waals surface area contributed by atoms with Crippen molar-refractivity contribution in [3.8, 4) is 0 Å². The number of hydrogen-bond donors (Lipinski definition) is 1. The van der Waals surface area contributed by atoms with E-state index in [2.05, 4.69) is 22.2 Å². The molecular weight excluding hydrogens is 222 g/mol. The molecule has 1 heterocycles. The first-order chi connectivity index (χ1) is 8.81. The molecule has 0 aromatic rings. The summed E-state index contributed by atoms with van der Waals surface area (Å²) in [6.45, 7) is 8.72. The van der Waals surface area contributed by atoms with Gasteiger partial charge in [0.15, 0.2) is 0 Å². The van der Waals surface area contributed by atoms with Gasteiger partial charge in [-0.2, -0.15) is 0 Å². The van der Waals surface area contributed by atoms with Crippen LogP contribution in [0.3, 0.4) is 0 Å². The third-order valence-corrected chi connectivity index (χ3v) is 5.49. The van der Waals surface area contributed by atoms with Crippen molar-refractivity contribution in [3.63, 3.8) is 0 Å². The third-order valence-electron chi connectivity index (χ3n) is 5.49. The topological polar surface area (TPSA) is 18.5 Å². The Morgan fingerprint density at radius 2 is 1.89 bits per heavy atom. The monoisotopic (exact) mass is 251 g/mol. The molecule has 3 aliphatic rings. The van der Waals surface area contributed by atoms with E-state index < -0.39 is 0 Å². The molecule has 3 heteroatoms. The zero-order chi connectivity index (χ0) is 12.4. The largest absolute Gasteiger partial charge is 0.315 e. The molecule has 1 saturated heterocycles. The molecule has 2 aliphatic carbocycles. The van der Waals surface area contributed by atoms with Crippen LogP contribution in [0.15, 0.2) is 0 Å². The highest BCUT2D eigenvalue weighted by atomic mass is 15.2. The van der Waals surface area contributed by atoms with Crippen LogP contribution in [-0.2, 0) is 0 Å². The van der Waals surface area contributed by atoms with Gasteiger partial charge in [0.05, 0.1) is 0 Å². The van der Waals surface area contributed by atoms with E-state index in [0.29, 0.717) is 0 Å². The standard InChI is InChI=1S/C15H29N3/c1-17-6-8-18(9-7-17)5-4-16-12-15-11-13-2-3-14(15)10-13/h13-16H,2-12H2,1H3. The fourth-order valence-corrected chi connectivity index (χ4v) is 4.22. The second-order valence-electron chi connectivity index (χ2n) is 6.78. The number of nitrogens with one attached hydrogen (secondary N) is 1. The molecule has 104 valence electrons. The summed E-state index contributed by atoms with van der Waals surface area (Å²) in [4.78, 5) is 5.03. The first-order valence-electron chi connectivity index (χ1n) is 7.93. The molecular formula is C15H29N3. The smallest absolute Gasteiger partial charge is 0.0110 e. The van der Waals surface area contributed by atoms with Gasteiger partial charge in [0.25, 0.3) is 0 Å². The number of fused-ring (bicyclic) bond motifs is 2. The predicted molar refractivity (Wildman–Crippen MR) is 75.7 cm³/mol. The summed E-state index contributed by atoms with van der Waals surface area (Å²) in [5, 5.41) is 3.72. The van der Waals surface area contributed by atoms with Gasteiger partial charge in [-0.1, -0.05) is 6.42 Å². The fraction of sp³-hybridized carbons (Fsp3) is 1.00. The van der Waals surface area contributed by atoms with Gasteiger partial charge in [0.1, 0.15) is 0 Å². The van der Waals surface area contributed by atoms with Gasteiger partial charge in [0.2, 0.25) is 0 Å². The molecule has 3 rings (SSSR count). The van der Waals surface area contributed by atoms with E-state index in [4.69, 9.17) is 0 Å². The van der Waals surface area contributed by atoms with E-state index in [9.17, 15) is 0 Å². The molecule has 18 heavy (non-hydrogen) atoms. The Morgan fingerprint density at radius 3 is 2.56 bits per heavy atom. The lowest BCUT2D eigenvalue weighted by molar-refractivity contribution is 0.154. The normalized spacial score (nSPS) is 37.5. The van der Waals surface area contributed by atoms with Gasteiger partial charge in [-0.25, -0.2) is 0 Å². The Kier molecular flexibility index (Phi) is 4.22. The third kappa shape index (κ3) is 3.06. The van der Waals surface area contributed by atoms with Crippen LogP contribution in [0.5, 0.6) is 0 Å². The average molecular weight is 251 g/mol. The van der Waals surface area contributed by atoms with Gasteiger partial charge < -0.3 is 10.2 Å². The van der Waals surface area contributed by atoms with Crippen LogP contribution in [-0.4, -0.2) is 62.7 Å². The van der Waals surface area contributed by atoms with Crippen LogP contribution in [0, 0.1) is 17.8 Å². The van der Waals surface area contributed by atoms with Crippen molar-refractivity contribution in [1.82, 2.24) is 15.1 Å². The van der Waals surface area contributed by atoms with E-state index in [1.165, 1.54) is 65.1 Å². The minimum Gasteiger partial charge on any atom is -0.315 e. The number of likely N-dealkylation sites (N-methyl/N-ethyl adjacent to an activating group) is 1. The lowest BCUT2D eigenvalue weighted by Crippen LogP contribution is -2.46. The molecule has 0 aromatic carbocycles. The molecule has 3 unspecified atom stereocenters. The number of rotatable bonds is 5. The van der Waals surface area contributed by atoms with Crippen molar-refractivity contribution in [1.29, 1.82) is 0 Å². The molecule has 0 spiro atoms. The second-order valence-corrected chi connectivity index (χ2v) is 6.78. The molecule has 3 nitrogen and oxygen atoms in total. The maximum Gasteiger partial charge on any atom is 0.0110 e. The number of hydrogen-bond acceptors (Lipinski definition) is 3. The number of piperazine rings is 1. The van der Waals surface area contributed by atoms with Gasteiger partial charge in [0, 0.05) is 39.3 Å². The van der Waals surface area contributed by atoms with E-state index >= 15 is 0 Å². The van der Waals surface area contributed by atoms with Gasteiger partial charge in [-0.3, -0.25) is 4.90 Å². The maximum absolute atomic E-state index is 3.72. The maximum atomic E-state index is 3.72. The van der Waals surface area contributed by atoms with Crippen molar-refractivity contribution in [2.75, 3.05) is 52.9 Å². The highest BCUT2D eigenvalue weighted by molar-refractivity contribution is 4.90. The van der Waals surface area contributed by atoms with Crippen molar-refractivity contribution in [2.24, 2.45) is 17.8 Å². The van der Waals surface area contributed by atoms with Crippen molar-refractivity contribution >= 4 is 0 Å². The summed E-state index contributed by atoms with van der Waals surface area (Å²) in [5.41, 5.74) is 0. The second kappa shape index (κ2) is 5.89. The molecule has 0 aromatic heterocycles. The van der Waals surface area contributed by atoms with Crippen LogP contribution in [0.25, 0.3) is 0 Å². The molecule has 0 amide bonds. The van der Waals surface area contributed by atoms with Crippen molar-refractivity contribution in [2.45, 2.75) is 25.7 Å². The van der Waals surface area contributed by atoms with E-state index in [1.807, 2.05) is 0 Å². The average Bonchev–Trinajstić information content (AvgIpc) is 2.99. The lowest BCUT2D eigenvalue weighted by Gasteiger charge is -2.32. The van der Waals surface area contributed by atoms with E-state index in [0.717, 1.165) is 17.8 Å². The summed E-state index contributed by atoms with van der Waals surface area (Å²) < 4.78 is 0.